The Balaban J connectivity index is 0.000000167. The second kappa shape index (κ2) is 15.9. The van der Waals surface area contributed by atoms with Crippen molar-refractivity contribution in [1.82, 2.24) is 19.1 Å². The molecule has 0 amide bonds. The Hall–Kier alpha value is -3.66. The van der Waals surface area contributed by atoms with Crippen LogP contribution in [0.3, 0.4) is 0 Å². The van der Waals surface area contributed by atoms with E-state index in [1.54, 1.807) is 45.5 Å². The van der Waals surface area contributed by atoms with E-state index in [4.69, 9.17) is 28.4 Å². The van der Waals surface area contributed by atoms with Crippen LogP contribution < -0.4 is 20.9 Å². The number of aromatic nitrogens is 4. The number of rotatable bonds is 6. The van der Waals surface area contributed by atoms with E-state index < -0.39 is 0 Å². The first-order chi connectivity index (χ1) is 23.4. The maximum atomic E-state index is 12.3. The summed E-state index contributed by atoms with van der Waals surface area (Å²) in [5.74, 6) is 1.01. The molecule has 2 aromatic carbocycles. The van der Waals surface area contributed by atoms with Gasteiger partial charge in [0.15, 0.2) is 0 Å². The molecule has 6 heterocycles. The van der Waals surface area contributed by atoms with Gasteiger partial charge in [-0.1, -0.05) is 0 Å². The minimum absolute atomic E-state index is 0. The fraction of sp³-hybridized carbons (Fsp3) is 0.412. The number of benzene rings is 2. The summed E-state index contributed by atoms with van der Waals surface area (Å²) in [7, 11) is 0. The summed E-state index contributed by atoms with van der Waals surface area (Å²) >= 11 is 0. The first-order valence-corrected chi connectivity index (χ1v) is 15.9. The van der Waals surface area contributed by atoms with Crippen molar-refractivity contribution in [2.75, 3.05) is 52.9 Å². The zero-order chi connectivity index (χ0) is 33.0. The van der Waals surface area contributed by atoms with Crippen LogP contribution in [-0.2, 0) is 77.6 Å². The normalized spacial score (nSPS) is 19.0. The molecule has 2 aromatic heterocycles. The Morgan fingerprint density at radius 1 is 0.673 bits per heavy atom. The molecule has 255 valence electrons. The van der Waals surface area contributed by atoms with Crippen LogP contribution in [0.1, 0.15) is 11.1 Å². The average Bonchev–Trinajstić information content (AvgIpc) is 3.10. The van der Waals surface area contributed by atoms with Crippen LogP contribution in [0.2, 0.25) is 0 Å². The van der Waals surface area contributed by atoms with Gasteiger partial charge in [0.25, 0.3) is 0 Å². The average molecular weight is 750 g/mol. The van der Waals surface area contributed by atoms with Gasteiger partial charge >= 0.3 is 11.4 Å². The van der Waals surface area contributed by atoms with Crippen molar-refractivity contribution >= 4 is 0 Å². The van der Waals surface area contributed by atoms with Gasteiger partial charge in [-0.15, -0.1) is 0 Å². The zero-order valence-electron chi connectivity index (χ0n) is 26.8. The topological polar surface area (TPSA) is 166 Å². The van der Waals surface area contributed by atoms with Crippen LogP contribution in [0.5, 0.6) is 23.3 Å². The van der Waals surface area contributed by atoms with Crippen molar-refractivity contribution in [3.05, 3.63) is 80.6 Å². The van der Waals surface area contributed by atoms with Crippen molar-refractivity contribution in [3.63, 3.8) is 0 Å². The third kappa shape index (κ3) is 8.22. The van der Waals surface area contributed by atoms with Crippen LogP contribution in [-0.4, -0.2) is 94.4 Å². The fourth-order valence-corrected chi connectivity index (χ4v) is 6.16. The second-order valence-corrected chi connectivity index (χ2v) is 11.8. The summed E-state index contributed by atoms with van der Waals surface area (Å²) in [6, 6.07) is 13.9. The predicted octanol–water partition coefficient (Wildman–Crippen LogP) is 1.93. The van der Waals surface area contributed by atoms with Crippen molar-refractivity contribution < 1.29 is 71.3 Å². The maximum Gasteiger partial charge on any atom is 0.351 e. The van der Waals surface area contributed by atoms with Crippen LogP contribution >= 0.6 is 0 Å². The van der Waals surface area contributed by atoms with Crippen molar-refractivity contribution in [2.45, 2.75) is 38.1 Å². The van der Waals surface area contributed by atoms with E-state index in [-0.39, 0.29) is 79.6 Å². The summed E-state index contributed by atoms with van der Waals surface area (Å²) in [5.41, 5.74) is 4.70. The summed E-state index contributed by atoms with van der Waals surface area (Å²) < 4.78 is 36.3. The molecule has 0 saturated carbocycles. The Bertz CT molecular complexity index is 1770. The van der Waals surface area contributed by atoms with Crippen molar-refractivity contribution in [1.29, 1.82) is 0 Å². The Labute approximate surface area is 306 Å². The number of ether oxygens (including phenoxy) is 6. The minimum atomic E-state index is -0.331. The summed E-state index contributed by atoms with van der Waals surface area (Å²) in [6.45, 7) is 4.90. The largest absolute Gasteiger partial charge is 0.508 e. The first kappa shape index (κ1) is 35.2. The van der Waals surface area contributed by atoms with Gasteiger partial charge in [0.1, 0.15) is 36.9 Å². The predicted molar refractivity (Wildman–Crippen MR) is 171 cm³/mol. The molecule has 2 saturated heterocycles. The van der Waals surface area contributed by atoms with E-state index in [2.05, 4.69) is 9.97 Å². The van der Waals surface area contributed by atoms with Gasteiger partial charge in [0, 0.05) is 69.1 Å². The second-order valence-electron chi connectivity index (χ2n) is 11.8. The van der Waals surface area contributed by atoms with Gasteiger partial charge in [-0.25, -0.2) is 9.59 Å². The van der Waals surface area contributed by atoms with E-state index in [0.717, 1.165) is 33.6 Å². The van der Waals surface area contributed by atoms with Gasteiger partial charge in [0.05, 0.1) is 51.0 Å². The standard InChI is InChI=1S/2C17H18N2O5.Y/c2*20-12-1-2-14-11(7-12)3-4-19-15(14)8-16(18-17(19)21)24-10-13-9-22-5-6-23-13;/h2*1-2,7-8,13,20H,3-6,9-10H2;. The van der Waals surface area contributed by atoms with Crippen LogP contribution in [0.25, 0.3) is 22.5 Å². The number of aryl methyl sites for hydroxylation is 2. The molecule has 8 rings (SSSR count). The number of nitrogens with zero attached hydrogens (tertiary/aromatic N) is 4. The number of fused-ring (bicyclic) bond motifs is 6. The quantitative estimate of drug-likeness (QED) is 0.295. The number of phenols is 2. The molecule has 0 bridgehead atoms. The number of hydrogen-bond donors (Lipinski definition) is 2. The number of phenolic OH excluding ortho intramolecular Hbond substituents is 2. The summed E-state index contributed by atoms with van der Waals surface area (Å²) in [5, 5.41) is 19.3. The monoisotopic (exact) mass is 749 g/mol. The third-order valence-electron chi connectivity index (χ3n) is 8.52. The van der Waals surface area contributed by atoms with Gasteiger partial charge < -0.3 is 38.6 Å². The van der Waals surface area contributed by atoms with Gasteiger partial charge in [-0.05, 0) is 60.4 Å². The Morgan fingerprint density at radius 3 is 1.53 bits per heavy atom. The molecule has 4 aromatic rings. The van der Waals surface area contributed by atoms with E-state index in [0.29, 0.717) is 78.8 Å². The fourth-order valence-electron chi connectivity index (χ4n) is 6.16. The molecule has 1 radical (unpaired) electrons. The minimum Gasteiger partial charge on any atom is -0.508 e. The Morgan fingerprint density at radius 2 is 1.12 bits per heavy atom. The molecule has 4 aliphatic heterocycles. The summed E-state index contributed by atoms with van der Waals surface area (Å²) in [6.07, 6.45) is 1.07. The maximum absolute atomic E-state index is 12.3. The molecule has 2 fully saturated rings. The molecule has 2 N–H and O–H groups in total. The molecule has 2 unspecified atom stereocenters. The molecular weight excluding hydrogens is 713 g/mol. The van der Waals surface area contributed by atoms with E-state index in [1.807, 2.05) is 12.1 Å². The van der Waals surface area contributed by atoms with Gasteiger partial charge in [0.2, 0.25) is 11.8 Å². The zero-order valence-corrected chi connectivity index (χ0v) is 29.6. The van der Waals surface area contributed by atoms with Crippen LogP contribution in [0.15, 0.2) is 58.1 Å². The van der Waals surface area contributed by atoms with E-state index in [9.17, 15) is 19.8 Å². The number of hydrogen-bond acceptors (Lipinski definition) is 12. The SMILES string of the molecule is O=c1nc(OCC2COCCO2)cc2n1CCc1cc(O)ccc1-2.O=c1nc(OCC2COCCO2)cc2n1CCc1cc(O)ccc1-2.[Y]. The Kier molecular flexibility index (Phi) is 11.4. The van der Waals surface area contributed by atoms with E-state index >= 15 is 0 Å². The first-order valence-electron chi connectivity index (χ1n) is 15.9. The molecular formula is C34H36N4O10Y. The molecule has 4 aliphatic rings. The number of aromatic hydroxyl groups is 2. The molecule has 0 spiro atoms. The molecule has 2 atom stereocenters. The van der Waals surface area contributed by atoms with Crippen LogP contribution in [0, 0.1) is 0 Å². The van der Waals surface area contributed by atoms with Gasteiger partial charge in [-0.3, -0.25) is 9.13 Å². The van der Waals surface area contributed by atoms with Crippen LogP contribution in [0.4, 0.5) is 0 Å². The summed E-state index contributed by atoms with van der Waals surface area (Å²) in [4.78, 5) is 32.6. The molecule has 0 aliphatic carbocycles. The van der Waals surface area contributed by atoms with Crippen molar-refractivity contribution in [2.24, 2.45) is 0 Å². The molecule has 14 nitrogen and oxygen atoms in total. The third-order valence-corrected chi connectivity index (χ3v) is 8.52. The molecule has 49 heavy (non-hydrogen) atoms. The van der Waals surface area contributed by atoms with Gasteiger partial charge in [-0.2, -0.15) is 9.97 Å². The molecule has 15 heteroatoms. The smallest absolute Gasteiger partial charge is 0.351 e. The van der Waals surface area contributed by atoms with Crippen molar-refractivity contribution in [3.8, 4) is 45.8 Å². The van der Waals surface area contributed by atoms with E-state index in [1.165, 1.54) is 0 Å².